The fraction of sp³-hybridized carbons (Fsp3) is 0.800. The summed E-state index contributed by atoms with van der Waals surface area (Å²) in [5.74, 6) is -1.99. The van der Waals surface area contributed by atoms with Gasteiger partial charge in [0.25, 0.3) is 0 Å². The number of carbonyl (C=O) groups is 4. The van der Waals surface area contributed by atoms with E-state index in [0.717, 1.165) is 0 Å². The van der Waals surface area contributed by atoms with Gasteiger partial charge in [0, 0.05) is 13.1 Å². The van der Waals surface area contributed by atoms with Crippen LogP contribution in [0.5, 0.6) is 0 Å². The van der Waals surface area contributed by atoms with Crippen LogP contribution in [-0.4, -0.2) is 82.3 Å². The number of carbonyl (C=O) groups excluding carboxylic acids is 4. The van der Waals surface area contributed by atoms with E-state index in [1.165, 1.54) is 27.7 Å². The predicted molar refractivity (Wildman–Crippen MR) is 125 cm³/mol. The van der Waals surface area contributed by atoms with Crippen molar-refractivity contribution in [2.45, 2.75) is 77.5 Å². The van der Waals surface area contributed by atoms with Gasteiger partial charge >= 0.3 is 0 Å². The number of aliphatic hydroxyl groups is 2. The van der Waals surface area contributed by atoms with Gasteiger partial charge in [-0.2, -0.15) is 20.5 Å². The van der Waals surface area contributed by atoms with Gasteiger partial charge in [-0.3, -0.25) is 19.2 Å². The fourth-order valence-electron chi connectivity index (χ4n) is 1.46. The van der Waals surface area contributed by atoms with Crippen LogP contribution < -0.4 is 22.1 Å². The van der Waals surface area contributed by atoms with E-state index in [1.807, 2.05) is 0 Å². The number of rotatable bonds is 12. The van der Waals surface area contributed by atoms with Crippen molar-refractivity contribution in [3.8, 4) is 0 Å². The van der Waals surface area contributed by atoms with Gasteiger partial charge in [0.05, 0.1) is 13.2 Å². The Hall–Kier alpha value is -3.00. The second kappa shape index (κ2) is 13.6. The first kappa shape index (κ1) is 33.2. The second-order valence-electron chi connectivity index (χ2n) is 9.32. The highest BCUT2D eigenvalue weighted by Gasteiger charge is 2.32. The molecule has 0 atom stereocenters. The summed E-state index contributed by atoms with van der Waals surface area (Å²) in [5, 5.41) is 37.5. The van der Waals surface area contributed by atoms with E-state index in [2.05, 4.69) is 31.1 Å². The molecule has 0 fully saturated rings. The molecule has 4 amide bonds. The van der Waals surface area contributed by atoms with Gasteiger partial charge < -0.3 is 32.3 Å². The van der Waals surface area contributed by atoms with E-state index in [-0.39, 0.29) is 38.1 Å². The third-order valence-electron chi connectivity index (χ3n) is 4.21. The van der Waals surface area contributed by atoms with E-state index in [0.29, 0.717) is 0 Å². The van der Waals surface area contributed by atoms with Gasteiger partial charge in [-0.25, -0.2) is 0 Å². The van der Waals surface area contributed by atoms with Crippen LogP contribution in [0, 0.1) is 0 Å². The molecule has 0 saturated carbocycles. The zero-order valence-corrected chi connectivity index (χ0v) is 21.3. The van der Waals surface area contributed by atoms with Crippen molar-refractivity contribution in [2.24, 2.45) is 31.9 Å². The highest BCUT2D eigenvalue weighted by Crippen LogP contribution is 2.16. The minimum atomic E-state index is -1.14. The maximum absolute atomic E-state index is 11.8. The molecule has 0 unspecified atom stereocenters. The monoisotopic (exact) mass is 488 g/mol. The lowest BCUT2D eigenvalue weighted by atomic mass is 10.0. The van der Waals surface area contributed by atoms with Crippen LogP contribution in [0.2, 0.25) is 0 Å². The molecule has 0 rings (SSSR count). The summed E-state index contributed by atoms with van der Waals surface area (Å²) >= 11 is 0. The molecule has 14 nitrogen and oxygen atoms in total. The first-order chi connectivity index (χ1) is 15.3. The van der Waals surface area contributed by atoms with Crippen LogP contribution in [-0.2, 0) is 19.2 Å². The maximum atomic E-state index is 11.8. The first-order valence-electron chi connectivity index (χ1n) is 10.5. The van der Waals surface area contributed by atoms with Crippen molar-refractivity contribution < 1.29 is 29.4 Å². The first-order valence-corrected chi connectivity index (χ1v) is 10.5. The molecular formula is C20H40N8O6. The van der Waals surface area contributed by atoms with Crippen molar-refractivity contribution in [3.63, 3.8) is 0 Å². The third kappa shape index (κ3) is 12.3. The van der Waals surface area contributed by atoms with E-state index in [9.17, 15) is 19.2 Å². The predicted octanol–water partition coefficient (Wildman–Crippen LogP) is -0.821. The Morgan fingerprint density at radius 2 is 0.824 bits per heavy atom. The molecule has 0 saturated heterocycles. The molecular weight excluding hydrogens is 448 g/mol. The van der Waals surface area contributed by atoms with Gasteiger partial charge in [0.2, 0.25) is 23.6 Å². The quantitative estimate of drug-likeness (QED) is 0.192. The van der Waals surface area contributed by atoms with Gasteiger partial charge in [-0.1, -0.05) is 0 Å². The zero-order chi connectivity index (χ0) is 27.4. The fourth-order valence-corrected chi connectivity index (χ4v) is 1.46. The molecule has 8 N–H and O–H groups in total. The molecule has 0 bridgehead atoms. The van der Waals surface area contributed by atoms with E-state index < -0.39 is 34.0 Å². The number of aliphatic hydroxyl groups excluding tert-OH is 2. The molecule has 34 heavy (non-hydrogen) atoms. The largest absolute Gasteiger partial charge is 0.395 e. The Kier molecular flexibility index (Phi) is 13.3. The van der Waals surface area contributed by atoms with Crippen molar-refractivity contribution >= 4 is 23.6 Å². The smallest absolute Gasteiger partial charge is 0.249 e. The summed E-state index contributed by atoms with van der Waals surface area (Å²) in [7, 11) is 0. The highest BCUT2D eigenvalue weighted by molar-refractivity contribution is 5.87. The summed E-state index contributed by atoms with van der Waals surface area (Å²) in [5.41, 5.74) is 5.63. The molecule has 0 aromatic rings. The minimum Gasteiger partial charge on any atom is -0.395 e. The van der Waals surface area contributed by atoms with Crippen molar-refractivity contribution in [1.29, 1.82) is 0 Å². The second-order valence-corrected chi connectivity index (χ2v) is 9.32. The zero-order valence-electron chi connectivity index (χ0n) is 21.3. The topological polar surface area (TPSA) is 234 Å². The lowest BCUT2D eigenvalue weighted by Crippen LogP contribution is -2.44. The van der Waals surface area contributed by atoms with Crippen LogP contribution in [0.25, 0.3) is 0 Å². The molecule has 0 aromatic carbocycles. The number of nitrogens with zero attached hydrogens (tertiary/aromatic N) is 4. The SMILES string of the molecule is CC(C)(N=NC(C)(C)C(=O)NCCO)C(=O)NCCO.CC(C)(N=NC(C)(C)C(N)=O)C(N)=O. The van der Waals surface area contributed by atoms with E-state index in [4.69, 9.17) is 21.7 Å². The third-order valence-corrected chi connectivity index (χ3v) is 4.21. The van der Waals surface area contributed by atoms with Crippen molar-refractivity contribution in [1.82, 2.24) is 10.6 Å². The molecule has 0 aliphatic carbocycles. The highest BCUT2D eigenvalue weighted by atomic mass is 16.3. The molecule has 0 aliphatic heterocycles. The number of nitrogens with one attached hydrogen (secondary N) is 2. The van der Waals surface area contributed by atoms with Crippen molar-refractivity contribution in [2.75, 3.05) is 26.3 Å². The Morgan fingerprint density at radius 1 is 0.588 bits per heavy atom. The Bertz CT molecular complexity index is 713. The summed E-state index contributed by atoms with van der Waals surface area (Å²) in [4.78, 5) is 45.3. The number of amides is 4. The van der Waals surface area contributed by atoms with Crippen LogP contribution in [0.1, 0.15) is 55.4 Å². The number of primary amides is 2. The van der Waals surface area contributed by atoms with Crippen molar-refractivity contribution in [3.05, 3.63) is 0 Å². The van der Waals surface area contributed by atoms with Gasteiger partial charge in [-0.15, -0.1) is 0 Å². The number of azo groups is 2. The summed E-state index contributed by atoms with van der Waals surface area (Å²) in [6.45, 7) is 12.2. The molecule has 0 aromatic heterocycles. The number of hydrogen-bond acceptors (Lipinski definition) is 10. The summed E-state index contributed by atoms with van der Waals surface area (Å²) in [6, 6.07) is 0. The summed E-state index contributed by atoms with van der Waals surface area (Å²) in [6.07, 6.45) is 0. The molecule has 0 aliphatic rings. The van der Waals surface area contributed by atoms with Gasteiger partial charge in [0.1, 0.15) is 0 Å². The van der Waals surface area contributed by atoms with E-state index in [1.54, 1.807) is 27.7 Å². The van der Waals surface area contributed by atoms with Crippen LogP contribution >= 0.6 is 0 Å². The van der Waals surface area contributed by atoms with Crippen LogP contribution in [0.3, 0.4) is 0 Å². The van der Waals surface area contributed by atoms with Crippen LogP contribution in [0.4, 0.5) is 0 Å². The lowest BCUT2D eigenvalue weighted by molar-refractivity contribution is -0.127. The minimum absolute atomic E-state index is 0.137. The molecule has 0 radical (unpaired) electrons. The Balaban J connectivity index is 0. The molecule has 196 valence electrons. The lowest BCUT2D eigenvalue weighted by Gasteiger charge is -2.21. The average molecular weight is 489 g/mol. The van der Waals surface area contributed by atoms with Gasteiger partial charge in [-0.05, 0) is 55.4 Å². The average Bonchev–Trinajstić information content (AvgIpc) is 2.73. The number of hydrogen-bond donors (Lipinski definition) is 6. The standard InChI is InChI=1S/C12H24N4O4.C8H16N4O2/c1-11(2,9(19)13-5-7-17)15-16-12(3,4)10(20)14-6-8-18;1-7(2,5(9)13)11-12-8(3,4)6(10)14/h17-18H,5-8H2,1-4H3,(H,13,19)(H,14,20);1-4H3,(H2,9,13)(H2,10,14). The maximum Gasteiger partial charge on any atom is 0.249 e. The van der Waals surface area contributed by atoms with E-state index >= 15 is 0 Å². The molecule has 14 heteroatoms. The summed E-state index contributed by atoms with van der Waals surface area (Å²) < 4.78 is 0. The van der Waals surface area contributed by atoms with Crippen LogP contribution in [0.15, 0.2) is 20.5 Å². The molecule has 0 heterocycles. The Labute approximate surface area is 200 Å². The molecule has 0 spiro atoms. The number of nitrogens with two attached hydrogens (primary N) is 2. The normalized spacial score (nSPS) is 12.8. The Morgan fingerprint density at radius 3 is 1.03 bits per heavy atom. The van der Waals surface area contributed by atoms with Gasteiger partial charge in [0.15, 0.2) is 22.2 Å².